The van der Waals surface area contributed by atoms with Gasteiger partial charge in [0.05, 0.1) is 28.5 Å². The second kappa shape index (κ2) is 6.68. The molecule has 1 fully saturated rings. The van der Waals surface area contributed by atoms with Crippen molar-refractivity contribution in [1.82, 2.24) is 4.90 Å². The number of phenols is 1. The molecule has 2 aliphatic rings. The van der Waals surface area contributed by atoms with Crippen LogP contribution in [0, 0.1) is 13.8 Å². The van der Waals surface area contributed by atoms with Crippen molar-refractivity contribution >= 4 is 26.7 Å². The van der Waals surface area contributed by atoms with Crippen molar-refractivity contribution in [3.8, 4) is 5.75 Å². The van der Waals surface area contributed by atoms with E-state index < -0.39 is 27.8 Å². The van der Waals surface area contributed by atoms with Gasteiger partial charge in [0.2, 0.25) is 5.76 Å². The minimum Gasteiger partial charge on any atom is -0.508 e. The molecule has 8 heteroatoms. The maximum Gasteiger partial charge on any atom is 0.291 e. The van der Waals surface area contributed by atoms with Crippen molar-refractivity contribution in [2.24, 2.45) is 0 Å². The molecule has 0 radical (unpaired) electrons. The normalized spacial score (nSPS) is 22.3. The van der Waals surface area contributed by atoms with Crippen LogP contribution in [-0.4, -0.2) is 41.9 Å². The standard InChI is InChI=1S/C23H21NO6S/c1-12-9-13(2)21-17(10-12)20(26)18-19(14-3-5-16(25)6-4-14)24(23(27)22(18)30-21)15-7-8-31(28,29)11-15/h3-6,9-10,15,19,25H,7-8,11H2,1-2H3. The number of aromatic hydroxyl groups is 1. The monoisotopic (exact) mass is 439 g/mol. The topological polar surface area (TPSA) is 105 Å². The second-order valence-electron chi connectivity index (χ2n) is 8.40. The zero-order valence-electron chi connectivity index (χ0n) is 17.1. The maximum absolute atomic E-state index is 13.6. The Bertz CT molecular complexity index is 1400. The lowest BCUT2D eigenvalue weighted by atomic mass is 9.96. The molecular weight excluding hydrogens is 418 g/mol. The van der Waals surface area contributed by atoms with Crippen LogP contribution in [0.25, 0.3) is 11.0 Å². The Balaban J connectivity index is 1.79. The molecule has 2 aromatic carbocycles. The fourth-order valence-electron chi connectivity index (χ4n) is 4.80. The summed E-state index contributed by atoms with van der Waals surface area (Å²) >= 11 is 0. The van der Waals surface area contributed by atoms with Crippen molar-refractivity contribution in [2.75, 3.05) is 11.5 Å². The molecule has 3 heterocycles. The van der Waals surface area contributed by atoms with Gasteiger partial charge in [0.15, 0.2) is 15.3 Å². The highest BCUT2D eigenvalue weighted by atomic mass is 32.2. The largest absolute Gasteiger partial charge is 0.508 e. The third kappa shape index (κ3) is 3.05. The van der Waals surface area contributed by atoms with Gasteiger partial charge < -0.3 is 14.4 Å². The number of fused-ring (bicyclic) bond motifs is 2. The molecule has 1 aromatic heterocycles. The van der Waals surface area contributed by atoms with Crippen LogP contribution in [0.15, 0.2) is 45.6 Å². The molecular formula is C23H21NO6S. The van der Waals surface area contributed by atoms with E-state index in [0.29, 0.717) is 23.0 Å². The van der Waals surface area contributed by atoms with Gasteiger partial charge >= 0.3 is 0 Å². The summed E-state index contributed by atoms with van der Waals surface area (Å²) < 4.78 is 30.3. The lowest BCUT2D eigenvalue weighted by Crippen LogP contribution is -2.40. The summed E-state index contributed by atoms with van der Waals surface area (Å²) in [7, 11) is -3.26. The van der Waals surface area contributed by atoms with Gasteiger partial charge in [0.25, 0.3) is 5.91 Å². The first kappa shape index (κ1) is 19.8. The Morgan fingerprint density at radius 2 is 1.81 bits per heavy atom. The zero-order chi connectivity index (χ0) is 22.1. The third-order valence-corrected chi connectivity index (χ3v) is 7.90. The van der Waals surface area contributed by atoms with Crippen molar-refractivity contribution in [2.45, 2.75) is 32.4 Å². The molecule has 7 nitrogen and oxygen atoms in total. The number of hydrogen-bond donors (Lipinski definition) is 1. The van der Waals surface area contributed by atoms with E-state index in [9.17, 15) is 23.1 Å². The molecule has 0 aliphatic carbocycles. The number of nitrogens with zero attached hydrogens (tertiary/aromatic N) is 1. The molecule has 160 valence electrons. The molecule has 1 saturated heterocycles. The minimum atomic E-state index is -3.26. The fraction of sp³-hybridized carbons (Fsp3) is 0.304. The van der Waals surface area contributed by atoms with Gasteiger partial charge in [0, 0.05) is 6.04 Å². The summed E-state index contributed by atoms with van der Waals surface area (Å²) in [6, 6.07) is 8.56. The maximum atomic E-state index is 13.6. The number of hydrogen-bond acceptors (Lipinski definition) is 6. The summed E-state index contributed by atoms with van der Waals surface area (Å²) in [5, 5.41) is 10.1. The molecule has 5 rings (SSSR count). The number of phenolic OH excluding ortho intramolecular Hbond substituents is 1. The summed E-state index contributed by atoms with van der Waals surface area (Å²) in [6.07, 6.45) is 0.308. The van der Waals surface area contributed by atoms with Crippen LogP contribution >= 0.6 is 0 Å². The molecule has 1 N–H and O–H groups in total. The highest BCUT2D eigenvalue weighted by molar-refractivity contribution is 7.91. The third-order valence-electron chi connectivity index (χ3n) is 6.15. The number of rotatable bonds is 2. The van der Waals surface area contributed by atoms with Gasteiger partial charge in [-0.3, -0.25) is 9.59 Å². The van der Waals surface area contributed by atoms with Crippen molar-refractivity contribution < 1.29 is 22.7 Å². The van der Waals surface area contributed by atoms with Gasteiger partial charge in [0.1, 0.15) is 11.3 Å². The molecule has 2 aliphatic heterocycles. The van der Waals surface area contributed by atoms with Crippen LogP contribution in [0.4, 0.5) is 0 Å². The fourth-order valence-corrected chi connectivity index (χ4v) is 6.51. The molecule has 0 bridgehead atoms. The van der Waals surface area contributed by atoms with Gasteiger partial charge in [-0.05, 0) is 55.2 Å². The Kier molecular flexibility index (Phi) is 4.27. The molecule has 2 unspecified atom stereocenters. The highest BCUT2D eigenvalue weighted by Crippen LogP contribution is 2.42. The quantitative estimate of drug-likeness (QED) is 0.658. The Labute approximate surface area is 178 Å². The lowest BCUT2D eigenvalue weighted by molar-refractivity contribution is 0.0662. The summed E-state index contributed by atoms with van der Waals surface area (Å²) in [6.45, 7) is 3.71. The van der Waals surface area contributed by atoms with Crippen LogP contribution < -0.4 is 5.43 Å². The minimum absolute atomic E-state index is 0.00173. The van der Waals surface area contributed by atoms with E-state index in [1.807, 2.05) is 19.9 Å². The summed E-state index contributed by atoms with van der Waals surface area (Å²) in [5.41, 5.74) is 2.57. The SMILES string of the molecule is Cc1cc(C)c2oc3c(c(=O)c2c1)C(c1ccc(O)cc1)N(C1CCS(=O)(=O)C1)C3=O. The van der Waals surface area contributed by atoms with Gasteiger partial charge in [-0.1, -0.05) is 18.2 Å². The Morgan fingerprint density at radius 1 is 1.10 bits per heavy atom. The summed E-state index contributed by atoms with van der Waals surface area (Å²) in [5.74, 6) is -0.601. The van der Waals surface area contributed by atoms with E-state index in [1.165, 1.54) is 17.0 Å². The smallest absolute Gasteiger partial charge is 0.291 e. The number of aryl methyl sites for hydroxylation is 2. The molecule has 0 spiro atoms. The lowest BCUT2D eigenvalue weighted by Gasteiger charge is -2.30. The average Bonchev–Trinajstić information content (AvgIpc) is 3.20. The number of carbonyl (C=O) groups excluding carboxylic acids is 1. The number of carbonyl (C=O) groups is 1. The predicted molar refractivity (Wildman–Crippen MR) is 115 cm³/mol. The molecule has 0 saturated carbocycles. The van der Waals surface area contributed by atoms with E-state index in [0.717, 1.165) is 11.1 Å². The first-order chi connectivity index (χ1) is 14.7. The van der Waals surface area contributed by atoms with Crippen LogP contribution in [0.2, 0.25) is 0 Å². The molecule has 31 heavy (non-hydrogen) atoms. The summed E-state index contributed by atoms with van der Waals surface area (Å²) in [4.78, 5) is 28.6. The number of sulfone groups is 1. The molecule has 3 aromatic rings. The van der Waals surface area contributed by atoms with Crippen LogP contribution in [-0.2, 0) is 9.84 Å². The number of amides is 1. The van der Waals surface area contributed by atoms with Crippen molar-refractivity contribution in [3.63, 3.8) is 0 Å². The first-order valence-corrected chi connectivity index (χ1v) is 11.9. The zero-order valence-corrected chi connectivity index (χ0v) is 17.9. The van der Waals surface area contributed by atoms with E-state index >= 15 is 0 Å². The van der Waals surface area contributed by atoms with Crippen LogP contribution in [0.3, 0.4) is 0 Å². The second-order valence-corrected chi connectivity index (χ2v) is 10.6. The molecule has 1 amide bonds. The van der Waals surface area contributed by atoms with Crippen LogP contribution in [0.1, 0.15) is 45.3 Å². The van der Waals surface area contributed by atoms with E-state index in [2.05, 4.69) is 0 Å². The Hall–Kier alpha value is -3.13. The average molecular weight is 439 g/mol. The van der Waals surface area contributed by atoms with Gasteiger partial charge in [-0.15, -0.1) is 0 Å². The Morgan fingerprint density at radius 3 is 2.45 bits per heavy atom. The first-order valence-electron chi connectivity index (χ1n) is 10.1. The van der Waals surface area contributed by atoms with E-state index in [-0.39, 0.29) is 34.0 Å². The van der Waals surface area contributed by atoms with E-state index in [1.54, 1.807) is 18.2 Å². The number of benzene rings is 2. The van der Waals surface area contributed by atoms with E-state index in [4.69, 9.17) is 4.42 Å². The predicted octanol–water partition coefficient (Wildman–Crippen LogP) is 2.85. The van der Waals surface area contributed by atoms with Crippen molar-refractivity contribution in [1.29, 1.82) is 0 Å². The van der Waals surface area contributed by atoms with Gasteiger partial charge in [-0.2, -0.15) is 0 Å². The van der Waals surface area contributed by atoms with Crippen molar-refractivity contribution in [3.05, 3.63) is 74.6 Å². The van der Waals surface area contributed by atoms with Crippen LogP contribution in [0.5, 0.6) is 5.75 Å². The molecule has 2 atom stereocenters. The van der Waals surface area contributed by atoms with Gasteiger partial charge in [-0.25, -0.2) is 8.42 Å². The highest BCUT2D eigenvalue weighted by Gasteiger charge is 2.48.